The van der Waals surface area contributed by atoms with Gasteiger partial charge in [-0.2, -0.15) is 5.10 Å². The van der Waals surface area contributed by atoms with Crippen LogP contribution in [0.3, 0.4) is 0 Å². The Balaban J connectivity index is 1.71. The van der Waals surface area contributed by atoms with Crippen molar-refractivity contribution in [2.75, 3.05) is 26.7 Å². The van der Waals surface area contributed by atoms with Crippen molar-refractivity contribution < 1.29 is 0 Å². The number of aromatic nitrogens is 3. The van der Waals surface area contributed by atoms with Crippen molar-refractivity contribution in [2.45, 2.75) is 26.1 Å². The molecule has 1 atom stereocenters. The Morgan fingerprint density at radius 1 is 1.19 bits per heavy atom. The quantitative estimate of drug-likeness (QED) is 0.858. The predicted octanol–water partition coefficient (Wildman–Crippen LogP) is 1.79. The molecule has 1 saturated heterocycles. The molecular weight excluding hydrogens is 262 g/mol. The predicted molar refractivity (Wildman–Crippen MR) is 82.8 cm³/mol. The lowest BCUT2D eigenvalue weighted by Gasteiger charge is -2.39. The molecule has 3 rings (SSSR count). The molecule has 2 aromatic rings. The van der Waals surface area contributed by atoms with Crippen molar-refractivity contribution >= 4 is 0 Å². The summed E-state index contributed by atoms with van der Waals surface area (Å²) < 4.78 is 1.98. The molecule has 112 valence electrons. The van der Waals surface area contributed by atoms with Crippen molar-refractivity contribution in [2.24, 2.45) is 0 Å². The summed E-state index contributed by atoms with van der Waals surface area (Å²) in [6.07, 6.45) is 1.66. The van der Waals surface area contributed by atoms with E-state index >= 15 is 0 Å². The third kappa shape index (κ3) is 3.14. The molecule has 1 aliphatic heterocycles. The minimum Gasteiger partial charge on any atom is -0.297 e. The second kappa shape index (κ2) is 6.37. The van der Waals surface area contributed by atoms with Crippen molar-refractivity contribution in [3.63, 3.8) is 0 Å². The number of piperazine rings is 1. The van der Waals surface area contributed by atoms with Gasteiger partial charge in [0.1, 0.15) is 12.2 Å². The van der Waals surface area contributed by atoms with E-state index in [9.17, 15) is 0 Å². The summed E-state index contributed by atoms with van der Waals surface area (Å²) in [5.41, 5.74) is 1.39. The molecule has 0 amide bonds. The van der Waals surface area contributed by atoms with Crippen LogP contribution in [0.25, 0.3) is 0 Å². The maximum Gasteiger partial charge on any atom is 0.140 e. The molecule has 1 aliphatic rings. The van der Waals surface area contributed by atoms with E-state index in [1.54, 1.807) is 6.33 Å². The first-order chi connectivity index (χ1) is 10.3. The molecule has 21 heavy (non-hydrogen) atoms. The van der Waals surface area contributed by atoms with Gasteiger partial charge in [-0.05, 0) is 19.5 Å². The number of benzene rings is 1. The van der Waals surface area contributed by atoms with E-state index in [1.807, 2.05) is 4.68 Å². The molecule has 0 saturated carbocycles. The normalized spacial score (nSPS) is 20.8. The number of nitrogens with zero attached hydrogens (tertiary/aromatic N) is 5. The van der Waals surface area contributed by atoms with Crippen molar-refractivity contribution in [1.82, 2.24) is 24.6 Å². The number of hydrogen-bond donors (Lipinski definition) is 0. The Hall–Kier alpha value is -1.72. The third-order valence-electron chi connectivity index (χ3n) is 4.28. The summed E-state index contributed by atoms with van der Waals surface area (Å²) in [4.78, 5) is 9.32. The van der Waals surface area contributed by atoms with Crippen LogP contribution < -0.4 is 0 Å². The summed E-state index contributed by atoms with van der Waals surface area (Å²) >= 11 is 0. The van der Waals surface area contributed by atoms with Crippen LogP contribution in [0.5, 0.6) is 0 Å². The second-order valence-electron chi connectivity index (χ2n) is 5.63. The molecule has 1 aromatic carbocycles. The van der Waals surface area contributed by atoms with Crippen LogP contribution in [0.15, 0.2) is 36.7 Å². The fourth-order valence-electron chi connectivity index (χ4n) is 2.98. The van der Waals surface area contributed by atoms with Crippen molar-refractivity contribution in [1.29, 1.82) is 0 Å². The van der Waals surface area contributed by atoms with Gasteiger partial charge in [-0.25, -0.2) is 9.67 Å². The maximum atomic E-state index is 4.39. The highest BCUT2D eigenvalue weighted by atomic mass is 15.4. The van der Waals surface area contributed by atoms with E-state index in [0.29, 0.717) is 6.04 Å². The fraction of sp³-hybridized carbons (Fsp3) is 0.500. The van der Waals surface area contributed by atoms with Crippen LogP contribution in [0, 0.1) is 0 Å². The molecular formula is C16H23N5. The second-order valence-corrected chi connectivity index (χ2v) is 5.63. The zero-order chi connectivity index (χ0) is 14.7. The van der Waals surface area contributed by atoms with Crippen LogP contribution >= 0.6 is 0 Å². The number of likely N-dealkylation sites (N-methyl/N-ethyl adjacent to an activating group) is 1. The van der Waals surface area contributed by atoms with Crippen LogP contribution in [0.1, 0.15) is 24.4 Å². The summed E-state index contributed by atoms with van der Waals surface area (Å²) in [5.74, 6) is 1.06. The highest BCUT2D eigenvalue weighted by Gasteiger charge is 2.26. The average molecular weight is 285 g/mol. The summed E-state index contributed by atoms with van der Waals surface area (Å²) in [7, 11) is 2.21. The van der Waals surface area contributed by atoms with E-state index < -0.39 is 0 Å². The van der Waals surface area contributed by atoms with Gasteiger partial charge in [-0.15, -0.1) is 0 Å². The molecule has 2 heterocycles. The number of aryl methyl sites for hydroxylation is 1. The van der Waals surface area contributed by atoms with Gasteiger partial charge in [0.15, 0.2) is 0 Å². The molecule has 0 N–H and O–H groups in total. The summed E-state index contributed by atoms with van der Waals surface area (Å²) in [5, 5.41) is 4.26. The van der Waals surface area contributed by atoms with Crippen LogP contribution in [0.4, 0.5) is 0 Å². The molecule has 1 fully saturated rings. The standard InChI is InChI=1S/C16H23N5/c1-3-21-16(17-13-18-21)12-20-10-9-19(2)15(11-20)14-7-5-4-6-8-14/h4-8,13,15H,3,9-12H2,1-2H3/t15-/m0/s1. The van der Waals surface area contributed by atoms with Crippen LogP contribution in [-0.4, -0.2) is 51.2 Å². The molecule has 0 bridgehead atoms. The summed E-state index contributed by atoms with van der Waals surface area (Å²) in [6, 6.07) is 11.2. The Morgan fingerprint density at radius 3 is 2.76 bits per heavy atom. The molecule has 0 radical (unpaired) electrons. The molecule has 1 aromatic heterocycles. The Bertz CT molecular complexity index is 565. The minimum atomic E-state index is 0.456. The van der Waals surface area contributed by atoms with Crippen molar-refractivity contribution in [3.05, 3.63) is 48.0 Å². The Morgan fingerprint density at radius 2 is 2.00 bits per heavy atom. The zero-order valence-corrected chi connectivity index (χ0v) is 12.8. The van der Waals surface area contributed by atoms with Crippen LogP contribution in [-0.2, 0) is 13.1 Å². The average Bonchev–Trinajstić information content (AvgIpc) is 2.97. The monoisotopic (exact) mass is 285 g/mol. The molecule has 0 aliphatic carbocycles. The first kappa shape index (κ1) is 14.2. The highest BCUT2D eigenvalue weighted by molar-refractivity contribution is 5.20. The number of rotatable bonds is 4. The lowest BCUT2D eigenvalue weighted by molar-refractivity contribution is 0.0876. The Labute approximate surface area is 126 Å². The van der Waals surface area contributed by atoms with Gasteiger partial charge in [-0.1, -0.05) is 30.3 Å². The summed E-state index contributed by atoms with van der Waals surface area (Å²) in [6.45, 7) is 7.07. The first-order valence-corrected chi connectivity index (χ1v) is 7.62. The van der Waals surface area contributed by atoms with E-state index in [2.05, 4.69) is 64.2 Å². The van der Waals surface area contributed by atoms with E-state index in [-0.39, 0.29) is 0 Å². The first-order valence-electron chi connectivity index (χ1n) is 7.62. The van der Waals surface area contributed by atoms with Gasteiger partial charge in [0, 0.05) is 32.2 Å². The van der Waals surface area contributed by atoms with Gasteiger partial charge in [0.05, 0.1) is 6.54 Å². The molecule has 5 heteroatoms. The van der Waals surface area contributed by atoms with Gasteiger partial charge >= 0.3 is 0 Å². The SMILES string of the molecule is CCn1ncnc1CN1CCN(C)[C@H](c2ccccc2)C1. The van der Waals surface area contributed by atoms with Gasteiger partial charge < -0.3 is 0 Å². The number of hydrogen-bond acceptors (Lipinski definition) is 4. The highest BCUT2D eigenvalue weighted by Crippen LogP contribution is 2.24. The smallest absolute Gasteiger partial charge is 0.140 e. The zero-order valence-electron chi connectivity index (χ0n) is 12.8. The van der Waals surface area contributed by atoms with Gasteiger partial charge in [-0.3, -0.25) is 9.80 Å². The topological polar surface area (TPSA) is 37.2 Å². The van der Waals surface area contributed by atoms with Crippen LogP contribution in [0.2, 0.25) is 0 Å². The lowest BCUT2D eigenvalue weighted by atomic mass is 10.0. The largest absolute Gasteiger partial charge is 0.297 e. The van der Waals surface area contributed by atoms with E-state index in [4.69, 9.17) is 0 Å². The van der Waals surface area contributed by atoms with Gasteiger partial charge in [0.2, 0.25) is 0 Å². The van der Waals surface area contributed by atoms with E-state index in [0.717, 1.165) is 38.5 Å². The molecule has 0 unspecified atom stereocenters. The lowest BCUT2D eigenvalue weighted by Crippen LogP contribution is -2.46. The van der Waals surface area contributed by atoms with E-state index in [1.165, 1.54) is 5.56 Å². The Kier molecular flexibility index (Phi) is 4.31. The minimum absolute atomic E-state index is 0.456. The van der Waals surface area contributed by atoms with Gasteiger partial charge in [0.25, 0.3) is 0 Å². The fourth-order valence-corrected chi connectivity index (χ4v) is 2.98. The third-order valence-corrected chi connectivity index (χ3v) is 4.28. The molecule has 0 spiro atoms. The van der Waals surface area contributed by atoms with Crippen molar-refractivity contribution in [3.8, 4) is 0 Å². The molecule has 5 nitrogen and oxygen atoms in total. The maximum absolute atomic E-state index is 4.39.